The molecule has 0 spiro atoms. The molecular formula is C11H13NO. The van der Waals surface area contributed by atoms with Crippen LogP contribution in [0.3, 0.4) is 0 Å². The molecule has 0 fully saturated rings. The van der Waals surface area contributed by atoms with Crippen LogP contribution < -0.4 is 5.73 Å². The zero-order chi connectivity index (χ0) is 9.68. The number of hydrogen-bond donors (Lipinski definition) is 1. The summed E-state index contributed by atoms with van der Waals surface area (Å²) in [7, 11) is 0. The summed E-state index contributed by atoms with van der Waals surface area (Å²) >= 11 is 0. The van der Waals surface area contributed by atoms with Crippen LogP contribution in [-0.4, -0.2) is 11.8 Å². The van der Waals surface area contributed by atoms with Crippen molar-refractivity contribution in [3.05, 3.63) is 48.6 Å². The Bertz CT molecular complexity index is 292. The predicted molar refractivity (Wildman–Crippen MR) is 53.6 cm³/mol. The molecule has 1 aromatic carbocycles. The van der Waals surface area contributed by atoms with E-state index in [1.165, 1.54) is 0 Å². The summed E-state index contributed by atoms with van der Waals surface area (Å²) in [5.74, 6) is -0.0273. The maximum Gasteiger partial charge on any atom is 0.179 e. The van der Waals surface area contributed by atoms with E-state index in [1.807, 2.05) is 18.2 Å². The third kappa shape index (κ3) is 2.53. The second-order valence-electron chi connectivity index (χ2n) is 2.86. The number of carbonyl (C=O) groups excluding carboxylic acids is 1. The fourth-order valence-corrected chi connectivity index (χ4v) is 1.10. The summed E-state index contributed by atoms with van der Waals surface area (Å²) in [5.41, 5.74) is 6.30. The van der Waals surface area contributed by atoms with Crippen LogP contribution in [0.2, 0.25) is 0 Å². The summed E-state index contributed by atoms with van der Waals surface area (Å²) in [4.78, 5) is 11.6. The van der Waals surface area contributed by atoms with Crippen molar-refractivity contribution in [2.75, 3.05) is 0 Å². The van der Waals surface area contributed by atoms with Gasteiger partial charge in [0.05, 0.1) is 6.04 Å². The molecule has 68 valence electrons. The first-order valence-electron chi connectivity index (χ1n) is 4.21. The lowest BCUT2D eigenvalue weighted by Gasteiger charge is -2.06. The molecular weight excluding hydrogens is 162 g/mol. The Morgan fingerprint density at radius 1 is 1.46 bits per heavy atom. The van der Waals surface area contributed by atoms with Crippen molar-refractivity contribution in [3.8, 4) is 0 Å². The van der Waals surface area contributed by atoms with Crippen molar-refractivity contribution in [3.63, 3.8) is 0 Å². The number of Topliss-reactive ketones (excluding diaryl/α,β-unsaturated/α-hetero) is 1. The Morgan fingerprint density at radius 3 is 2.62 bits per heavy atom. The van der Waals surface area contributed by atoms with Crippen LogP contribution in [0.4, 0.5) is 0 Å². The van der Waals surface area contributed by atoms with Crippen molar-refractivity contribution in [1.82, 2.24) is 0 Å². The van der Waals surface area contributed by atoms with Gasteiger partial charge in [0.15, 0.2) is 5.78 Å². The second kappa shape index (κ2) is 4.58. The molecule has 0 saturated heterocycles. The van der Waals surface area contributed by atoms with E-state index in [9.17, 15) is 4.79 Å². The molecule has 0 aromatic heterocycles. The molecule has 1 rings (SSSR count). The van der Waals surface area contributed by atoms with E-state index in [0.29, 0.717) is 12.0 Å². The molecule has 1 atom stereocenters. The number of benzene rings is 1. The summed E-state index contributed by atoms with van der Waals surface area (Å²) in [5, 5.41) is 0. The molecule has 2 N–H and O–H groups in total. The Hall–Kier alpha value is -1.41. The van der Waals surface area contributed by atoms with Gasteiger partial charge in [0.2, 0.25) is 0 Å². The SMILES string of the molecule is C=CCC(N)C(=O)c1ccccc1. The van der Waals surface area contributed by atoms with Crippen LogP contribution in [-0.2, 0) is 0 Å². The first-order valence-corrected chi connectivity index (χ1v) is 4.21. The standard InChI is InChI=1S/C11H13NO/c1-2-6-10(12)11(13)9-7-4-3-5-8-9/h2-5,7-8,10H,1,6,12H2. The van der Waals surface area contributed by atoms with E-state index in [1.54, 1.807) is 18.2 Å². The smallest absolute Gasteiger partial charge is 0.179 e. The van der Waals surface area contributed by atoms with Crippen molar-refractivity contribution in [1.29, 1.82) is 0 Å². The van der Waals surface area contributed by atoms with E-state index in [-0.39, 0.29) is 5.78 Å². The Balaban J connectivity index is 2.73. The Labute approximate surface area is 78.1 Å². The molecule has 0 heterocycles. The van der Waals surface area contributed by atoms with E-state index in [0.717, 1.165) is 0 Å². The van der Waals surface area contributed by atoms with Gasteiger partial charge < -0.3 is 5.73 Å². The average Bonchev–Trinajstić information content (AvgIpc) is 2.18. The predicted octanol–water partition coefficient (Wildman–Crippen LogP) is 1.77. The van der Waals surface area contributed by atoms with Gasteiger partial charge in [-0.2, -0.15) is 0 Å². The highest BCUT2D eigenvalue weighted by Gasteiger charge is 2.12. The quantitative estimate of drug-likeness (QED) is 0.560. The van der Waals surface area contributed by atoms with E-state index < -0.39 is 6.04 Å². The van der Waals surface area contributed by atoms with Crippen LogP contribution >= 0.6 is 0 Å². The van der Waals surface area contributed by atoms with Gasteiger partial charge in [-0.05, 0) is 6.42 Å². The van der Waals surface area contributed by atoms with Crippen molar-refractivity contribution < 1.29 is 4.79 Å². The third-order valence-corrected chi connectivity index (χ3v) is 1.82. The van der Waals surface area contributed by atoms with Gasteiger partial charge in [-0.15, -0.1) is 6.58 Å². The summed E-state index contributed by atoms with van der Waals surface area (Å²) in [6.07, 6.45) is 2.18. The molecule has 0 bridgehead atoms. The largest absolute Gasteiger partial charge is 0.321 e. The van der Waals surface area contributed by atoms with Crippen LogP contribution in [0.25, 0.3) is 0 Å². The van der Waals surface area contributed by atoms with Crippen molar-refractivity contribution in [2.45, 2.75) is 12.5 Å². The molecule has 2 heteroatoms. The van der Waals surface area contributed by atoms with Gasteiger partial charge in [0, 0.05) is 5.56 Å². The lowest BCUT2D eigenvalue weighted by Crippen LogP contribution is -2.29. The third-order valence-electron chi connectivity index (χ3n) is 1.82. The van der Waals surface area contributed by atoms with Crippen LogP contribution in [0.5, 0.6) is 0 Å². The minimum atomic E-state index is -0.458. The number of carbonyl (C=O) groups is 1. The van der Waals surface area contributed by atoms with E-state index in [2.05, 4.69) is 6.58 Å². The molecule has 0 saturated carbocycles. The number of rotatable bonds is 4. The monoisotopic (exact) mass is 175 g/mol. The Morgan fingerprint density at radius 2 is 2.08 bits per heavy atom. The minimum absolute atomic E-state index is 0.0273. The lowest BCUT2D eigenvalue weighted by molar-refractivity contribution is 0.0962. The van der Waals surface area contributed by atoms with Gasteiger partial charge in [0.1, 0.15) is 0 Å². The second-order valence-corrected chi connectivity index (χ2v) is 2.86. The average molecular weight is 175 g/mol. The summed E-state index contributed by atoms with van der Waals surface area (Å²) in [6.45, 7) is 3.54. The topological polar surface area (TPSA) is 43.1 Å². The molecule has 1 unspecified atom stereocenters. The normalized spacial score (nSPS) is 12.1. The zero-order valence-corrected chi connectivity index (χ0v) is 7.44. The minimum Gasteiger partial charge on any atom is -0.321 e. The van der Waals surface area contributed by atoms with Crippen LogP contribution in [0.1, 0.15) is 16.8 Å². The number of nitrogens with two attached hydrogens (primary N) is 1. The zero-order valence-electron chi connectivity index (χ0n) is 7.44. The fourth-order valence-electron chi connectivity index (χ4n) is 1.10. The number of hydrogen-bond acceptors (Lipinski definition) is 2. The molecule has 0 radical (unpaired) electrons. The van der Waals surface area contributed by atoms with Crippen LogP contribution in [0.15, 0.2) is 43.0 Å². The van der Waals surface area contributed by atoms with Gasteiger partial charge in [-0.1, -0.05) is 36.4 Å². The van der Waals surface area contributed by atoms with Crippen molar-refractivity contribution in [2.24, 2.45) is 5.73 Å². The first-order chi connectivity index (χ1) is 6.25. The van der Waals surface area contributed by atoms with E-state index in [4.69, 9.17) is 5.73 Å². The lowest BCUT2D eigenvalue weighted by atomic mass is 10.0. The highest BCUT2D eigenvalue weighted by atomic mass is 16.1. The fraction of sp³-hybridized carbons (Fsp3) is 0.182. The number of ketones is 1. The molecule has 0 aliphatic rings. The van der Waals surface area contributed by atoms with Gasteiger partial charge in [-0.3, -0.25) is 4.79 Å². The molecule has 1 aromatic rings. The van der Waals surface area contributed by atoms with E-state index >= 15 is 0 Å². The Kier molecular flexibility index (Phi) is 3.41. The molecule has 0 amide bonds. The van der Waals surface area contributed by atoms with Crippen LogP contribution in [0, 0.1) is 0 Å². The molecule has 0 aliphatic carbocycles. The highest BCUT2D eigenvalue weighted by Crippen LogP contribution is 2.04. The first kappa shape index (κ1) is 9.68. The maximum absolute atomic E-state index is 11.6. The van der Waals surface area contributed by atoms with Crippen molar-refractivity contribution >= 4 is 5.78 Å². The summed E-state index contributed by atoms with van der Waals surface area (Å²) in [6, 6.07) is 8.61. The van der Waals surface area contributed by atoms with Gasteiger partial charge in [0.25, 0.3) is 0 Å². The maximum atomic E-state index is 11.6. The molecule has 13 heavy (non-hydrogen) atoms. The molecule has 0 aliphatic heterocycles. The van der Waals surface area contributed by atoms with Gasteiger partial charge >= 0.3 is 0 Å². The van der Waals surface area contributed by atoms with Gasteiger partial charge in [-0.25, -0.2) is 0 Å². The summed E-state index contributed by atoms with van der Waals surface area (Å²) < 4.78 is 0. The highest BCUT2D eigenvalue weighted by molar-refractivity contribution is 5.99. The molecule has 2 nitrogen and oxygen atoms in total.